The van der Waals surface area contributed by atoms with Gasteiger partial charge in [-0.1, -0.05) is 0 Å². The SMILES string of the molecule is O=C(CCOCCOCCOCCNC(=O)OCC1C2CCC#CCCC21)ON1C(=O)CCC1=O.[HH]. The van der Waals surface area contributed by atoms with Gasteiger partial charge in [0.2, 0.25) is 0 Å². The molecule has 2 unspecified atom stereocenters. The topological polar surface area (TPSA) is 130 Å². The van der Waals surface area contributed by atoms with E-state index in [-0.39, 0.29) is 33.9 Å². The van der Waals surface area contributed by atoms with Crippen LogP contribution in [-0.4, -0.2) is 81.7 Å². The van der Waals surface area contributed by atoms with E-state index in [4.69, 9.17) is 23.8 Å². The van der Waals surface area contributed by atoms with Crippen LogP contribution in [0.4, 0.5) is 4.79 Å². The number of carbonyl (C=O) groups excluding carboxylic acids is 4. The van der Waals surface area contributed by atoms with Crippen LogP contribution in [0.5, 0.6) is 0 Å². The Kier molecular flexibility index (Phi) is 11.3. The molecule has 3 rings (SSSR count). The zero-order valence-electron chi connectivity index (χ0n) is 20.0. The minimum Gasteiger partial charge on any atom is -0.449 e. The van der Waals surface area contributed by atoms with E-state index in [0.29, 0.717) is 62.4 Å². The Hall–Kier alpha value is -2.68. The van der Waals surface area contributed by atoms with Crippen LogP contribution in [0.25, 0.3) is 0 Å². The first-order valence-electron chi connectivity index (χ1n) is 12.2. The van der Waals surface area contributed by atoms with Crippen LogP contribution >= 0.6 is 0 Å². The number of hydroxylamine groups is 2. The Morgan fingerprint density at radius 1 is 0.886 bits per heavy atom. The number of carbonyl (C=O) groups is 4. The number of hydrogen-bond donors (Lipinski definition) is 1. The van der Waals surface area contributed by atoms with Crippen molar-refractivity contribution >= 4 is 23.9 Å². The Balaban J connectivity index is 0.00000456. The summed E-state index contributed by atoms with van der Waals surface area (Å²) in [6.45, 7) is 2.60. The van der Waals surface area contributed by atoms with E-state index in [1.165, 1.54) is 0 Å². The molecule has 11 heteroatoms. The van der Waals surface area contributed by atoms with Gasteiger partial charge < -0.3 is 29.1 Å². The summed E-state index contributed by atoms with van der Waals surface area (Å²) in [5.41, 5.74) is 0. The normalized spacial score (nSPS) is 23.0. The number of nitrogens with one attached hydrogen (secondary N) is 1. The summed E-state index contributed by atoms with van der Waals surface area (Å²) in [6, 6.07) is 0. The summed E-state index contributed by atoms with van der Waals surface area (Å²) < 4.78 is 21.4. The minimum atomic E-state index is -0.702. The molecule has 0 spiro atoms. The average Bonchev–Trinajstić information content (AvgIpc) is 3.37. The molecule has 1 saturated carbocycles. The van der Waals surface area contributed by atoms with E-state index < -0.39 is 23.9 Å². The van der Waals surface area contributed by atoms with E-state index in [0.717, 1.165) is 25.7 Å². The smallest absolute Gasteiger partial charge is 0.407 e. The lowest BCUT2D eigenvalue weighted by Gasteiger charge is -2.12. The largest absolute Gasteiger partial charge is 0.449 e. The molecule has 1 aliphatic heterocycles. The number of amides is 3. The van der Waals surface area contributed by atoms with Crippen molar-refractivity contribution in [1.82, 2.24) is 10.4 Å². The lowest BCUT2D eigenvalue weighted by atomic mass is 10.1. The highest BCUT2D eigenvalue weighted by Gasteiger charge is 2.49. The summed E-state index contributed by atoms with van der Waals surface area (Å²) in [7, 11) is 0. The van der Waals surface area contributed by atoms with E-state index >= 15 is 0 Å². The molecule has 196 valence electrons. The summed E-state index contributed by atoms with van der Waals surface area (Å²) >= 11 is 0. The average molecular weight is 497 g/mol. The van der Waals surface area contributed by atoms with Crippen LogP contribution < -0.4 is 5.32 Å². The summed E-state index contributed by atoms with van der Waals surface area (Å²) in [6.07, 6.45) is 3.73. The maximum Gasteiger partial charge on any atom is 0.407 e. The fourth-order valence-corrected chi connectivity index (χ4v) is 4.23. The fraction of sp³-hybridized carbons (Fsp3) is 0.750. The van der Waals surface area contributed by atoms with Crippen molar-refractivity contribution in [2.24, 2.45) is 17.8 Å². The highest BCUT2D eigenvalue weighted by atomic mass is 16.7. The van der Waals surface area contributed by atoms with Gasteiger partial charge in [-0.25, -0.2) is 9.59 Å². The summed E-state index contributed by atoms with van der Waals surface area (Å²) in [5.74, 6) is 6.41. The van der Waals surface area contributed by atoms with Gasteiger partial charge in [0, 0.05) is 33.7 Å². The molecule has 0 aromatic carbocycles. The third-order valence-electron chi connectivity index (χ3n) is 6.16. The second-order valence-corrected chi connectivity index (χ2v) is 8.58. The number of ether oxygens (including phenoxy) is 4. The molecular formula is C24H36N2O9. The first kappa shape index (κ1) is 26.9. The lowest BCUT2D eigenvalue weighted by molar-refractivity contribution is -0.198. The second kappa shape index (κ2) is 14.7. The molecule has 2 atom stereocenters. The van der Waals surface area contributed by atoms with Gasteiger partial charge in [0.15, 0.2) is 0 Å². The Morgan fingerprint density at radius 3 is 2.09 bits per heavy atom. The van der Waals surface area contributed by atoms with Crippen molar-refractivity contribution in [2.75, 3.05) is 52.8 Å². The molecule has 1 N–H and O–H groups in total. The first-order chi connectivity index (χ1) is 17.1. The standard InChI is InChI=1S/C24H34N2O9.H2/c27-21-7-8-22(28)26(21)35-23(29)9-11-31-13-15-33-16-14-32-12-10-25-24(30)34-17-20-18-5-3-1-2-4-6-19(18)20;/h18-20H,3-17H2,(H,25,30);1H. The second-order valence-electron chi connectivity index (χ2n) is 8.58. The molecule has 0 radical (unpaired) electrons. The van der Waals surface area contributed by atoms with Gasteiger partial charge in [0.05, 0.1) is 52.7 Å². The van der Waals surface area contributed by atoms with Gasteiger partial charge in [-0.05, 0) is 30.6 Å². The molecule has 0 aromatic rings. The van der Waals surface area contributed by atoms with Crippen molar-refractivity contribution in [1.29, 1.82) is 0 Å². The fourth-order valence-electron chi connectivity index (χ4n) is 4.23. The minimum absolute atomic E-state index is 0. The molecular weight excluding hydrogens is 460 g/mol. The zero-order chi connectivity index (χ0) is 24.9. The van der Waals surface area contributed by atoms with E-state index in [1.807, 2.05) is 0 Å². The van der Waals surface area contributed by atoms with Crippen LogP contribution in [0, 0.1) is 29.6 Å². The van der Waals surface area contributed by atoms with Gasteiger partial charge in [-0.15, -0.1) is 16.9 Å². The van der Waals surface area contributed by atoms with Gasteiger partial charge in [0.1, 0.15) is 0 Å². The summed E-state index contributed by atoms with van der Waals surface area (Å²) in [4.78, 5) is 50.9. The van der Waals surface area contributed by atoms with Crippen molar-refractivity contribution in [3.05, 3.63) is 0 Å². The maximum atomic E-state index is 11.8. The van der Waals surface area contributed by atoms with Gasteiger partial charge in [0.25, 0.3) is 11.8 Å². The number of hydrogen-bond acceptors (Lipinski definition) is 9. The number of nitrogens with zero attached hydrogens (tertiary/aromatic N) is 1. The highest BCUT2D eigenvalue weighted by Crippen LogP contribution is 2.52. The predicted molar refractivity (Wildman–Crippen MR) is 122 cm³/mol. The number of fused-ring (bicyclic) bond motifs is 1. The van der Waals surface area contributed by atoms with Gasteiger partial charge >= 0.3 is 12.1 Å². The van der Waals surface area contributed by atoms with Gasteiger partial charge in [-0.2, -0.15) is 0 Å². The molecule has 2 fully saturated rings. The van der Waals surface area contributed by atoms with Crippen LogP contribution in [0.2, 0.25) is 0 Å². The van der Waals surface area contributed by atoms with Crippen molar-refractivity contribution in [2.45, 2.75) is 44.9 Å². The highest BCUT2D eigenvalue weighted by molar-refractivity contribution is 6.01. The Morgan fingerprint density at radius 2 is 1.46 bits per heavy atom. The van der Waals surface area contributed by atoms with Crippen LogP contribution in [0.3, 0.4) is 0 Å². The van der Waals surface area contributed by atoms with Crippen LogP contribution in [-0.2, 0) is 38.2 Å². The number of alkyl carbamates (subject to hydrolysis) is 1. The molecule has 3 aliphatic rings. The number of rotatable bonds is 15. The predicted octanol–water partition coefficient (Wildman–Crippen LogP) is 1.45. The molecule has 1 heterocycles. The molecule has 2 aliphatic carbocycles. The van der Waals surface area contributed by atoms with Crippen molar-refractivity contribution in [3.63, 3.8) is 0 Å². The van der Waals surface area contributed by atoms with Crippen molar-refractivity contribution < 1.29 is 44.4 Å². The zero-order valence-corrected chi connectivity index (χ0v) is 20.0. The monoisotopic (exact) mass is 496 g/mol. The quantitative estimate of drug-likeness (QED) is 0.203. The summed E-state index contributed by atoms with van der Waals surface area (Å²) in [5, 5.41) is 3.20. The van der Waals surface area contributed by atoms with E-state index in [9.17, 15) is 19.2 Å². The molecule has 11 nitrogen and oxygen atoms in total. The Bertz CT molecular complexity index is 779. The third kappa shape index (κ3) is 9.47. The Labute approximate surface area is 206 Å². The first-order valence-corrected chi connectivity index (χ1v) is 12.2. The molecule has 0 bridgehead atoms. The van der Waals surface area contributed by atoms with Crippen LogP contribution in [0.15, 0.2) is 0 Å². The molecule has 0 aromatic heterocycles. The molecule has 3 amide bonds. The lowest BCUT2D eigenvalue weighted by Crippen LogP contribution is -2.32. The third-order valence-corrected chi connectivity index (χ3v) is 6.16. The van der Waals surface area contributed by atoms with Gasteiger partial charge in [-0.3, -0.25) is 9.59 Å². The molecule has 35 heavy (non-hydrogen) atoms. The van der Waals surface area contributed by atoms with E-state index in [2.05, 4.69) is 17.2 Å². The maximum absolute atomic E-state index is 11.8. The van der Waals surface area contributed by atoms with E-state index in [1.54, 1.807) is 0 Å². The molecule has 1 saturated heterocycles. The van der Waals surface area contributed by atoms with Crippen molar-refractivity contribution in [3.8, 4) is 11.8 Å². The number of imide groups is 1. The van der Waals surface area contributed by atoms with Crippen LogP contribution in [0.1, 0.15) is 46.4 Å².